The van der Waals surface area contributed by atoms with Crippen LogP contribution in [0.1, 0.15) is 38.8 Å². The minimum atomic E-state index is 0.245. The fraction of sp³-hybridized carbons (Fsp3) is 0.600. The highest BCUT2D eigenvalue weighted by Crippen LogP contribution is 2.30. The first-order valence-corrected chi connectivity index (χ1v) is 7.13. The second-order valence-corrected chi connectivity index (χ2v) is 5.36. The highest BCUT2D eigenvalue weighted by Gasteiger charge is 2.32. The van der Waals surface area contributed by atoms with Crippen molar-refractivity contribution in [2.45, 2.75) is 45.4 Å². The highest BCUT2D eigenvalue weighted by molar-refractivity contribution is 5.32. The van der Waals surface area contributed by atoms with Crippen LogP contribution in [0.3, 0.4) is 0 Å². The molecule has 0 amide bonds. The molecule has 1 aliphatic rings. The number of hydrazine groups is 1. The van der Waals surface area contributed by atoms with Crippen molar-refractivity contribution in [3.05, 3.63) is 29.8 Å². The SMILES string of the molecule is CCC(C)Oc1cccc(C2NNC(C)C2CN)c1. The topological polar surface area (TPSA) is 59.3 Å². The molecule has 4 heteroatoms. The number of hydrogen-bond acceptors (Lipinski definition) is 4. The third-order valence-electron chi connectivity index (χ3n) is 3.94. The predicted octanol–water partition coefficient (Wildman–Crippen LogP) is 1.98. The normalized spacial score (nSPS) is 28.3. The Balaban J connectivity index is 2.14. The minimum Gasteiger partial charge on any atom is -0.491 e. The Morgan fingerprint density at radius 2 is 2.16 bits per heavy atom. The van der Waals surface area contributed by atoms with Crippen molar-refractivity contribution in [3.8, 4) is 5.75 Å². The molecule has 0 bridgehead atoms. The zero-order valence-corrected chi connectivity index (χ0v) is 12.0. The molecule has 0 saturated carbocycles. The van der Waals surface area contributed by atoms with Crippen LogP contribution in [0.4, 0.5) is 0 Å². The summed E-state index contributed by atoms with van der Waals surface area (Å²) in [6, 6.07) is 8.94. The van der Waals surface area contributed by atoms with Gasteiger partial charge in [0.05, 0.1) is 12.1 Å². The van der Waals surface area contributed by atoms with Crippen LogP contribution in [-0.2, 0) is 0 Å². The summed E-state index contributed by atoms with van der Waals surface area (Å²) in [5.41, 5.74) is 13.7. The molecule has 0 aliphatic carbocycles. The first-order valence-electron chi connectivity index (χ1n) is 7.13. The number of nitrogens with one attached hydrogen (secondary N) is 2. The molecular formula is C15H25N3O. The largest absolute Gasteiger partial charge is 0.491 e. The zero-order chi connectivity index (χ0) is 13.8. The van der Waals surface area contributed by atoms with Crippen LogP contribution in [0.15, 0.2) is 24.3 Å². The molecule has 1 aliphatic heterocycles. The molecule has 1 heterocycles. The van der Waals surface area contributed by atoms with Crippen LogP contribution in [0, 0.1) is 5.92 Å². The Hall–Kier alpha value is -1.10. The van der Waals surface area contributed by atoms with Crippen LogP contribution in [0.2, 0.25) is 0 Å². The van der Waals surface area contributed by atoms with Crippen LogP contribution in [0.5, 0.6) is 5.75 Å². The summed E-state index contributed by atoms with van der Waals surface area (Å²) >= 11 is 0. The third-order valence-corrected chi connectivity index (χ3v) is 3.94. The molecule has 106 valence electrons. The number of nitrogens with two attached hydrogens (primary N) is 1. The van der Waals surface area contributed by atoms with Crippen molar-refractivity contribution >= 4 is 0 Å². The van der Waals surface area contributed by atoms with Crippen LogP contribution in [-0.4, -0.2) is 18.7 Å². The Labute approximate surface area is 115 Å². The summed E-state index contributed by atoms with van der Waals surface area (Å²) in [5.74, 6) is 1.34. The summed E-state index contributed by atoms with van der Waals surface area (Å²) in [5, 5.41) is 0. The lowest BCUT2D eigenvalue weighted by Crippen LogP contribution is -2.30. The maximum Gasteiger partial charge on any atom is 0.120 e. The van der Waals surface area contributed by atoms with Gasteiger partial charge in [0.15, 0.2) is 0 Å². The van der Waals surface area contributed by atoms with Gasteiger partial charge in [-0.2, -0.15) is 0 Å². The van der Waals surface area contributed by atoms with Gasteiger partial charge in [0.25, 0.3) is 0 Å². The Kier molecular flexibility index (Phi) is 4.80. The van der Waals surface area contributed by atoms with Gasteiger partial charge >= 0.3 is 0 Å². The number of ether oxygens (including phenoxy) is 1. The lowest BCUT2D eigenvalue weighted by Gasteiger charge is -2.20. The van der Waals surface area contributed by atoms with Gasteiger partial charge in [-0.15, -0.1) is 0 Å². The average Bonchev–Trinajstić information content (AvgIpc) is 2.80. The van der Waals surface area contributed by atoms with E-state index < -0.39 is 0 Å². The van der Waals surface area contributed by atoms with Crippen LogP contribution in [0.25, 0.3) is 0 Å². The van der Waals surface area contributed by atoms with E-state index in [1.807, 2.05) is 12.1 Å². The predicted molar refractivity (Wildman–Crippen MR) is 77.8 cm³/mol. The number of rotatable bonds is 5. The number of hydrogen-bond donors (Lipinski definition) is 3. The van der Waals surface area contributed by atoms with Crippen molar-refractivity contribution < 1.29 is 4.74 Å². The van der Waals surface area contributed by atoms with Crippen molar-refractivity contribution in [2.24, 2.45) is 11.7 Å². The lowest BCUT2D eigenvalue weighted by atomic mass is 9.90. The zero-order valence-electron chi connectivity index (χ0n) is 12.0. The molecule has 0 spiro atoms. The molecule has 2 rings (SSSR count). The fourth-order valence-electron chi connectivity index (χ4n) is 2.49. The monoisotopic (exact) mass is 263 g/mol. The van der Waals surface area contributed by atoms with Crippen molar-refractivity contribution in [1.29, 1.82) is 0 Å². The maximum absolute atomic E-state index is 5.88. The van der Waals surface area contributed by atoms with E-state index in [-0.39, 0.29) is 12.1 Å². The molecule has 19 heavy (non-hydrogen) atoms. The first kappa shape index (κ1) is 14.3. The molecule has 4 unspecified atom stereocenters. The van der Waals surface area contributed by atoms with Crippen molar-refractivity contribution in [2.75, 3.05) is 6.54 Å². The van der Waals surface area contributed by atoms with Crippen LogP contribution >= 0.6 is 0 Å². The molecule has 1 fully saturated rings. The van der Waals surface area contributed by atoms with E-state index in [0.717, 1.165) is 12.2 Å². The molecule has 4 nitrogen and oxygen atoms in total. The van der Waals surface area contributed by atoms with E-state index >= 15 is 0 Å². The maximum atomic E-state index is 5.88. The van der Waals surface area contributed by atoms with E-state index in [1.165, 1.54) is 5.56 Å². The molecule has 1 saturated heterocycles. The van der Waals surface area contributed by atoms with E-state index in [0.29, 0.717) is 18.5 Å². The smallest absolute Gasteiger partial charge is 0.120 e. The van der Waals surface area contributed by atoms with Crippen LogP contribution < -0.4 is 21.3 Å². The number of benzene rings is 1. The molecule has 1 aromatic rings. The minimum absolute atomic E-state index is 0.245. The Morgan fingerprint density at radius 3 is 2.84 bits per heavy atom. The van der Waals surface area contributed by atoms with Gasteiger partial charge in [-0.3, -0.25) is 5.43 Å². The van der Waals surface area contributed by atoms with Gasteiger partial charge in [-0.25, -0.2) is 5.43 Å². The lowest BCUT2D eigenvalue weighted by molar-refractivity contribution is 0.217. The molecule has 0 radical (unpaired) electrons. The van der Waals surface area contributed by atoms with Gasteiger partial charge < -0.3 is 10.5 Å². The van der Waals surface area contributed by atoms with Gasteiger partial charge in [0, 0.05) is 12.0 Å². The van der Waals surface area contributed by atoms with E-state index in [1.54, 1.807) is 0 Å². The molecule has 1 aromatic carbocycles. The first-order chi connectivity index (χ1) is 9.15. The molecular weight excluding hydrogens is 238 g/mol. The summed E-state index contributed by atoms with van der Waals surface area (Å²) in [6.45, 7) is 7.04. The van der Waals surface area contributed by atoms with Gasteiger partial charge in [0.1, 0.15) is 5.75 Å². The second-order valence-electron chi connectivity index (χ2n) is 5.36. The van der Waals surface area contributed by atoms with Crippen molar-refractivity contribution in [3.63, 3.8) is 0 Å². The van der Waals surface area contributed by atoms with Gasteiger partial charge in [-0.1, -0.05) is 19.1 Å². The van der Waals surface area contributed by atoms with Gasteiger partial charge in [0.2, 0.25) is 0 Å². The van der Waals surface area contributed by atoms with E-state index in [9.17, 15) is 0 Å². The van der Waals surface area contributed by atoms with Gasteiger partial charge in [-0.05, 0) is 44.5 Å². The standard InChI is InChI=1S/C15H25N3O/c1-4-10(2)19-13-7-5-6-12(8-13)15-14(9-16)11(3)17-18-15/h5-8,10-11,14-15,17-18H,4,9,16H2,1-3H3. The van der Waals surface area contributed by atoms with Crippen molar-refractivity contribution in [1.82, 2.24) is 10.9 Å². The molecule has 4 N–H and O–H groups in total. The van der Waals surface area contributed by atoms with E-state index in [4.69, 9.17) is 10.5 Å². The fourth-order valence-corrected chi connectivity index (χ4v) is 2.49. The Bertz CT molecular complexity index is 410. The average molecular weight is 263 g/mol. The summed E-state index contributed by atoms with van der Waals surface area (Å²) < 4.78 is 5.88. The quantitative estimate of drug-likeness (QED) is 0.760. The highest BCUT2D eigenvalue weighted by atomic mass is 16.5. The summed E-state index contributed by atoms with van der Waals surface area (Å²) in [6.07, 6.45) is 1.25. The Morgan fingerprint density at radius 1 is 1.37 bits per heavy atom. The summed E-state index contributed by atoms with van der Waals surface area (Å²) in [4.78, 5) is 0. The van der Waals surface area contributed by atoms with E-state index in [2.05, 4.69) is 43.8 Å². The third kappa shape index (κ3) is 3.26. The second kappa shape index (κ2) is 6.37. The molecule has 0 aromatic heterocycles. The summed E-state index contributed by atoms with van der Waals surface area (Å²) in [7, 11) is 0. The molecule has 4 atom stereocenters.